The summed E-state index contributed by atoms with van der Waals surface area (Å²) < 4.78 is 49.1. The molecule has 0 aromatic heterocycles. The predicted molar refractivity (Wildman–Crippen MR) is 67.5 cm³/mol. The minimum absolute atomic E-state index is 0.292. The molecule has 7 heteroatoms. The maximum absolute atomic E-state index is 13.3. The number of hydrogen-bond donors (Lipinski definition) is 0. The van der Waals surface area contributed by atoms with Gasteiger partial charge in [-0.2, -0.15) is 13.2 Å². The molecule has 116 valence electrons. The van der Waals surface area contributed by atoms with Gasteiger partial charge in [0.25, 0.3) is 0 Å². The van der Waals surface area contributed by atoms with Crippen molar-refractivity contribution in [3.63, 3.8) is 0 Å². The van der Waals surface area contributed by atoms with Crippen LogP contribution in [0.25, 0.3) is 0 Å². The first kappa shape index (κ1) is 16.8. The number of ether oxygens (including phenoxy) is 2. The Balaban J connectivity index is 2.75. The second kappa shape index (κ2) is 6.95. The van der Waals surface area contributed by atoms with E-state index in [2.05, 4.69) is 9.73 Å². The molecule has 0 aromatic carbocycles. The van der Waals surface area contributed by atoms with E-state index in [0.717, 1.165) is 26.4 Å². The minimum Gasteiger partial charge on any atom is -0.467 e. The normalized spacial score (nSPS) is 25.6. The van der Waals surface area contributed by atoms with Crippen molar-refractivity contribution in [2.24, 2.45) is 4.99 Å². The summed E-state index contributed by atoms with van der Waals surface area (Å²) in [4.78, 5) is 15.0. The molecule has 0 saturated heterocycles. The molecule has 0 spiro atoms. The van der Waals surface area contributed by atoms with Crippen molar-refractivity contribution in [2.75, 3.05) is 7.11 Å². The second-order valence-corrected chi connectivity index (χ2v) is 4.85. The summed E-state index contributed by atoms with van der Waals surface area (Å²) in [7, 11) is 1.04. The van der Waals surface area contributed by atoms with Crippen LogP contribution in [-0.4, -0.2) is 37.3 Å². The molecular weight excluding hydrogens is 275 g/mol. The van der Waals surface area contributed by atoms with Gasteiger partial charge in [0.15, 0.2) is 12.4 Å². The molecule has 0 saturated carbocycles. The number of hydrogen-bond acceptors (Lipinski definition) is 4. The maximum atomic E-state index is 13.3. The van der Waals surface area contributed by atoms with Crippen LogP contribution in [0.5, 0.6) is 0 Å². The van der Waals surface area contributed by atoms with E-state index in [-0.39, 0.29) is 6.42 Å². The standard InChI is InChI=1S/C13H20F3NO3/c1-3-4-5-6-7-8-12(13(14,15)16)10(11(18)19-2)17-9-20-12/h9-10H,3-8H2,1-2H3/t10-,12+/m1/s1. The largest absolute Gasteiger partial charge is 0.467 e. The number of halogens is 3. The van der Waals surface area contributed by atoms with E-state index in [4.69, 9.17) is 4.74 Å². The lowest BCUT2D eigenvalue weighted by molar-refractivity contribution is -0.256. The Morgan fingerprint density at radius 3 is 2.55 bits per heavy atom. The van der Waals surface area contributed by atoms with E-state index in [0.29, 0.717) is 19.2 Å². The lowest BCUT2D eigenvalue weighted by atomic mass is 9.87. The first-order valence-electron chi connectivity index (χ1n) is 6.73. The molecule has 0 fully saturated rings. The molecule has 1 rings (SSSR count). The third kappa shape index (κ3) is 3.43. The molecule has 0 radical (unpaired) electrons. The van der Waals surface area contributed by atoms with Crippen LogP contribution in [0.3, 0.4) is 0 Å². The van der Waals surface area contributed by atoms with E-state index in [9.17, 15) is 18.0 Å². The van der Waals surface area contributed by atoms with Gasteiger partial charge in [-0.25, -0.2) is 9.79 Å². The Labute approximate surface area is 116 Å². The highest BCUT2D eigenvalue weighted by Gasteiger charge is 2.66. The van der Waals surface area contributed by atoms with Crippen LogP contribution in [0, 0.1) is 0 Å². The van der Waals surface area contributed by atoms with Crippen molar-refractivity contribution in [1.82, 2.24) is 0 Å². The summed E-state index contributed by atoms with van der Waals surface area (Å²) in [6, 6.07) is -1.67. The number of carbonyl (C=O) groups is 1. The number of nitrogens with zero attached hydrogens (tertiary/aromatic N) is 1. The Morgan fingerprint density at radius 2 is 2.00 bits per heavy atom. The molecule has 20 heavy (non-hydrogen) atoms. The Kier molecular flexibility index (Phi) is 5.83. The summed E-state index contributed by atoms with van der Waals surface area (Å²) in [5, 5.41) is 0. The first-order valence-corrected chi connectivity index (χ1v) is 6.73. The number of aliphatic imine (C=N–C) groups is 1. The van der Waals surface area contributed by atoms with Crippen molar-refractivity contribution in [3.05, 3.63) is 0 Å². The molecule has 1 aliphatic rings. The van der Waals surface area contributed by atoms with E-state index in [1.54, 1.807) is 0 Å². The SMILES string of the molecule is CCCCCCC[C@]1(C(F)(F)F)OC=N[C@@H]1C(=O)OC. The number of alkyl halides is 3. The molecule has 1 aliphatic heterocycles. The van der Waals surface area contributed by atoms with E-state index in [1.807, 2.05) is 6.92 Å². The Hall–Kier alpha value is -1.27. The number of carbonyl (C=O) groups excluding carboxylic acids is 1. The van der Waals surface area contributed by atoms with Crippen molar-refractivity contribution in [3.8, 4) is 0 Å². The van der Waals surface area contributed by atoms with Gasteiger partial charge in [0.05, 0.1) is 7.11 Å². The highest BCUT2D eigenvalue weighted by molar-refractivity contribution is 5.81. The third-order valence-electron chi connectivity index (χ3n) is 3.47. The van der Waals surface area contributed by atoms with Gasteiger partial charge in [0, 0.05) is 0 Å². The fraction of sp³-hybridized carbons (Fsp3) is 0.846. The van der Waals surface area contributed by atoms with E-state index in [1.165, 1.54) is 0 Å². The van der Waals surface area contributed by atoms with Crippen molar-refractivity contribution in [2.45, 2.75) is 63.3 Å². The third-order valence-corrected chi connectivity index (χ3v) is 3.47. The lowest BCUT2D eigenvalue weighted by Crippen LogP contribution is -2.56. The molecule has 0 N–H and O–H groups in total. The monoisotopic (exact) mass is 295 g/mol. The van der Waals surface area contributed by atoms with E-state index < -0.39 is 23.8 Å². The van der Waals surface area contributed by atoms with E-state index >= 15 is 0 Å². The maximum Gasteiger partial charge on any atom is 0.431 e. The molecule has 0 aliphatic carbocycles. The van der Waals surface area contributed by atoms with Crippen molar-refractivity contribution >= 4 is 12.4 Å². The zero-order valence-corrected chi connectivity index (χ0v) is 11.7. The lowest BCUT2D eigenvalue weighted by Gasteiger charge is -2.33. The Bertz CT molecular complexity index is 357. The highest BCUT2D eigenvalue weighted by Crippen LogP contribution is 2.44. The summed E-state index contributed by atoms with van der Waals surface area (Å²) in [6.07, 6.45) is -0.396. The van der Waals surface area contributed by atoms with Gasteiger partial charge in [-0.3, -0.25) is 0 Å². The quantitative estimate of drug-likeness (QED) is 0.535. The van der Waals surface area contributed by atoms with Gasteiger partial charge in [0.2, 0.25) is 5.60 Å². The smallest absolute Gasteiger partial charge is 0.431 e. The van der Waals surface area contributed by atoms with Crippen LogP contribution in [-0.2, 0) is 14.3 Å². The summed E-state index contributed by atoms with van der Waals surface area (Å²) in [5.41, 5.74) is -2.58. The molecule has 0 unspecified atom stereocenters. The second-order valence-electron chi connectivity index (χ2n) is 4.85. The fourth-order valence-electron chi connectivity index (χ4n) is 2.28. The minimum atomic E-state index is -4.67. The number of unbranched alkanes of at least 4 members (excludes halogenated alkanes) is 4. The van der Waals surface area contributed by atoms with Crippen LogP contribution in [0.4, 0.5) is 13.2 Å². The summed E-state index contributed by atoms with van der Waals surface area (Å²) in [5.74, 6) is -1.02. The predicted octanol–water partition coefficient (Wildman–Crippen LogP) is 3.25. The van der Waals surface area contributed by atoms with Crippen LogP contribution in [0.2, 0.25) is 0 Å². The van der Waals surface area contributed by atoms with Crippen LogP contribution in [0.1, 0.15) is 45.4 Å². The molecule has 0 amide bonds. The fourth-order valence-corrected chi connectivity index (χ4v) is 2.28. The number of rotatable bonds is 7. The van der Waals surface area contributed by atoms with Crippen LogP contribution >= 0.6 is 0 Å². The number of esters is 1. The van der Waals surface area contributed by atoms with Gasteiger partial charge >= 0.3 is 12.1 Å². The molecule has 0 aromatic rings. The molecule has 4 nitrogen and oxygen atoms in total. The van der Waals surface area contributed by atoms with Gasteiger partial charge in [-0.1, -0.05) is 32.6 Å². The van der Waals surface area contributed by atoms with Crippen LogP contribution < -0.4 is 0 Å². The average molecular weight is 295 g/mol. The van der Waals surface area contributed by atoms with Gasteiger partial charge in [-0.15, -0.1) is 0 Å². The Morgan fingerprint density at radius 1 is 1.35 bits per heavy atom. The van der Waals surface area contributed by atoms with Crippen molar-refractivity contribution < 1.29 is 27.4 Å². The molecule has 0 bridgehead atoms. The average Bonchev–Trinajstić information content (AvgIpc) is 2.82. The first-order chi connectivity index (χ1) is 9.39. The zero-order chi connectivity index (χ0) is 15.2. The number of methoxy groups -OCH3 is 1. The molecular formula is C13H20F3NO3. The molecule has 2 atom stereocenters. The highest BCUT2D eigenvalue weighted by atomic mass is 19.4. The summed E-state index contributed by atoms with van der Waals surface area (Å²) in [6.45, 7) is 2.03. The summed E-state index contributed by atoms with van der Waals surface area (Å²) >= 11 is 0. The zero-order valence-electron chi connectivity index (χ0n) is 11.7. The van der Waals surface area contributed by atoms with Gasteiger partial charge in [-0.05, 0) is 12.8 Å². The topological polar surface area (TPSA) is 47.9 Å². The van der Waals surface area contributed by atoms with Gasteiger partial charge < -0.3 is 9.47 Å². The van der Waals surface area contributed by atoms with Crippen LogP contribution in [0.15, 0.2) is 4.99 Å². The molecule has 1 heterocycles. The van der Waals surface area contributed by atoms with Gasteiger partial charge in [0.1, 0.15) is 0 Å². The van der Waals surface area contributed by atoms with Crippen molar-refractivity contribution in [1.29, 1.82) is 0 Å².